The van der Waals surface area contributed by atoms with Crippen LogP contribution >= 0.6 is 11.3 Å². The summed E-state index contributed by atoms with van der Waals surface area (Å²) in [7, 11) is 0. The first kappa shape index (κ1) is 19.0. The number of aromatic amines is 2. The SMILES string of the molecule is CC1c2[nH]c(=O)[nH]c(=O)c2C(C2CC2)=C(F)C1c1cc2c(s1)CCCC2CCN. The topological polar surface area (TPSA) is 91.7 Å². The molecule has 0 aromatic carbocycles. The molecular formula is C22H26FN3O2S. The molecule has 0 aliphatic heterocycles. The number of thiophene rings is 1. The summed E-state index contributed by atoms with van der Waals surface area (Å²) in [4.78, 5) is 32.0. The Morgan fingerprint density at radius 2 is 2.03 bits per heavy atom. The van der Waals surface area contributed by atoms with E-state index in [2.05, 4.69) is 16.0 Å². The van der Waals surface area contributed by atoms with Gasteiger partial charge in [0, 0.05) is 26.9 Å². The molecule has 3 aliphatic rings. The quantitative estimate of drug-likeness (QED) is 0.707. The Hall–Kier alpha value is -1.99. The van der Waals surface area contributed by atoms with Gasteiger partial charge in [0.1, 0.15) is 5.83 Å². The Bertz CT molecular complexity index is 1110. The van der Waals surface area contributed by atoms with Crippen LogP contribution in [0.25, 0.3) is 5.57 Å². The minimum Gasteiger partial charge on any atom is -0.330 e. The number of H-pyrrole nitrogens is 2. The van der Waals surface area contributed by atoms with Crippen molar-refractivity contribution in [2.75, 3.05) is 6.54 Å². The molecule has 3 unspecified atom stereocenters. The van der Waals surface area contributed by atoms with Gasteiger partial charge in [-0.15, -0.1) is 11.3 Å². The second kappa shape index (κ2) is 7.06. The summed E-state index contributed by atoms with van der Waals surface area (Å²) in [6.45, 7) is 2.57. The van der Waals surface area contributed by atoms with Crippen molar-refractivity contribution in [1.82, 2.24) is 9.97 Å². The van der Waals surface area contributed by atoms with Gasteiger partial charge < -0.3 is 10.7 Å². The van der Waals surface area contributed by atoms with Crippen molar-refractivity contribution in [3.63, 3.8) is 0 Å². The minimum absolute atomic E-state index is 0.0790. The summed E-state index contributed by atoms with van der Waals surface area (Å²) in [5, 5.41) is 0. The molecule has 5 rings (SSSR count). The van der Waals surface area contributed by atoms with Gasteiger partial charge in [-0.25, -0.2) is 9.18 Å². The van der Waals surface area contributed by atoms with Crippen molar-refractivity contribution in [2.24, 2.45) is 11.7 Å². The van der Waals surface area contributed by atoms with Crippen molar-refractivity contribution in [2.45, 2.75) is 63.2 Å². The standard InChI is InChI=1S/C22H26FN3O2S/c1-10-16(15-9-13-11(7-8-24)3-2-4-14(13)29-15)19(23)17(12-5-6-12)18-20(10)25-22(28)26-21(18)27/h9-12,16H,2-8,24H2,1H3,(H2,25,26,27,28). The molecule has 2 aromatic rings. The number of aromatic nitrogens is 2. The van der Waals surface area contributed by atoms with Gasteiger partial charge in [0.2, 0.25) is 0 Å². The van der Waals surface area contributed by atoms with Crippen LogP contribution in [0.15, 0.2) is 21.5 Å². The smallest absolute Gasteiger partial charge is 0.325 e. The summed E-state index contributed by atoms with van der Waals surface area (Å²) < 4.78 is 15.9. The summed E-state index contributed by atoms with van der Waals surface area (Å²) >= 11 is 1.70. The first-order valence-electron chi connectivity index (χ1n) is 10.6. The first-order chi connectivity index (χ1) is 14.0. The van der Waals surface area contributed by atoms with Gasteiger partial charge in [0.25, 0.3) is 5.56 Å². The van der Waals surface area contributed by atoms with Gasteiger partial charge in [-0.1, -0.05) is 6.92 Å². The normalized spacial score (nSPS) is 26.4. The molecule has 29 heavy (non-hydrogen) atoms. The van der Waals surface area contributed by atoms with Gasteiger partial charge >= 0.3 is 5.69 Å². The molecule has 0 radical (unpaired) electrons. The zero-order chi connectivity index (χ0) is 20.3. The van der Waals surface area contributed by atoms with E-state index in [0.717, 1.165) is 43.4 Å². The van der Waals surface area contributed by atoms with Crippen molar-refractivity contribution in [3.8, 4) is 0 Å². The van der Waals surface area contributed by atoms with E-state index in [4.69, 9.17) is 5.73 Å². The van der Waals surface area contributed by atoms with E-state index in [9.17, 15) is 9.59 Å². The third-order valence-electron chi connectivity index (χ3n) is 6.79. The van der Waals surface area contributed by atoms with Crippen molar-refractivity contribution in [3.05, 3.63) is 59.3 Å². The zero-order valence-corrected chi connectivity index (χ0v) is 17.3. The third-order valence-corrected chi connectivity index (χ3v) is 8.08. The number of hydrogen-bond acceptors (Lipinski definition) is 4. The number of hydrogen-bond donors (Lipinski definition) is 3. The van der Waals surface area contributed by atoms with Crippen LogP contribution in [-0.2, 0) is 6.42 Å². The van der Waals surface area contributed by atoms with Crippen LogP contribution in [0.2, 0.25) is 0 Å². The first-order valence-corrected chi connectivity index (χ1v) is 11.4. The van der Waals surface area contributed by atoms with Gasteiger partial charge in [-0.2, -0.15) is 0 Å². The van der Waals surface area contributed by atoms with Gasteiger partial charge in [-0.3, -0.25) is 9.78 Å². The van der Waals surface area contributed by atoms with E-state index in [0.29, 0.717) is 29.3 Å². The fraction of sp³-hybridized carbons (Fsp3) is 0.545. The second-order valence-electron chi connectivity index (χ2n) is 8.69. The molecule has 0 bridgehead atoms. The Balaban J connectivity index is 1.66. The summed E-state index contributed by atoms with van der Waals surface area (Å²) in [5.41, 5.74) is 7.61. The molecule has 1 fully saturated rings. The Kier molecular flexibility index (Phi) is 4.62. The van der Waals surface area contributed by atoms with E-state index in [1.54, 1.807) is 11.3 Å². The van der Waals surface area contributed by atoms with E-state index in [1.165, 1.54) is 10.4 Å². The average Bonchev–Trinajstić information content (AvgIpc) is 3.41. The van der Waals surface area contributed by atoms with Crippen LogP contribution in [0.3, 0.4) is 0 Å². The highest BCUT2D eigenvalue weighted by atomic mass is 32.1. The fourth-order valence-corrected chi connectivity index (χ4v) is 6.75. The predicted octanol–water partition coefficient (Wildman–Crippen LogP) is 3.88. The molecule has 3 aliphatic carbocycles. The molecule has 7 heteroatoms. The largest absolute Gasteiger partial charge is 0.330 e. The Labute approximate surface area is 172 Å². The molecule has 154 valence electrons. The highest BCUT2D eigenvalue weighted by molar-refractivity contribution is 7.12. The lowest BCUT2D eigenvalue weighted by Crippen LogP contribution is -2.32. The van der Waals surface area contributed by atoms with Crippen LogP contribution < -0.4 is 17.0 Å². The molecule has 0 spiro atoms. The van der Waals surface area contributed by atoms with E-state index in [1.807, 2.05) is 6.92 Å². The van der Waals surface area contributed by atoms with Crippen molar-refractivity contribution >= 4 is 16.9 Å². The van der Waals surface area contributed by atoms with Crippen LogP contribution in [0, 0.1) is 5.92 Å². The minimum atomic E-state index is -0.523. The maximum Gasteiger partial charge on any atom is 0.325 e. The monoisotopic (exact) mass is 415 g/mol. The molecule has 5 nitrogen and oxygen atoms in total. The Morgan fingerprint density at radius 1 is 1.24 bits per heavy atom. The number of rotatable bonds is 4. The predicted molar refractivity (Wildman–Crippen MR) is 113 cm³/mol. The van der Waals surface area contributed by atoms with Crippen LogP contribution in [0.5, 0.6) is 0 Å². The maximum atomic E-state index is 15.9. The second-order valence-corrected chi connectivity index (χ2v) is 9.86. The number of fused-ring (bicyclic) bond motifs is 2. The maximum absolute atomic E-state index is 15.9. The highest BCUT2D eigenvalue weighted by Crippen LogP contribution is 2.55. The summed E-state index contributed by atoms with van der Waals surface area (Å²) in [5.74, 6) is -0.382. The summed E-state index contributed by atoms with van der Waals surface area (Å²) in [6.07, 6.45) is 6.06. The summed E-state index contributed by atoms with van der Waals surface area (Å²) in [6, 6.07) is 2.18. The molecule has 2 aromatic heterocycles. The molecule has 3 atom stereocenters. The van der Waals surface area contributed by atoms with Crippen molar-refractivity contribution < 1.29 is 4.39 Å². The molecular weight excluding hydrogens is 389 g/mol. The van der Waals surface area contributed by atoms with Gasteiger partial charge in [-0.05, 0) is 68.5 Å². The van der Waals surface area contributed by atoms with E-state index in [-0.39, 0.29) is 17.7 Å². The van der Waals surface area contributed by atoms with E-state index < -0.39 is 17.2 Å². The van der Waals surface area contributed by atoms with E-state index >= 15 is 4.39 Å². The zero-order valence-electron chi connectivity index (χ0n) is 16.5. The Morgan fingerprint density at radius 3 is 2.76 bits per heavy atom. The molecule has 0 amide bonds. The molecule has 0 saturated heterocycles. The number of nitrogens with two attached hydrogens (primary N) is 1. The highest BCUT2D eigenvalue weighted by Gasteiger charge is 2.43. The number of halogens is 1. The van der Waals surface area contributed by atoms with Crippen LogP contribution in [0.1, 0.15) is 83.4 Å². The van der Waals surface area contributed by atoms with Gasteiger partial charge in [0.15, 0.2) is 0 Å². The molecule has 4 N–H and O–H groups in total. The number of nitrogens with one attached hydrogen (secondary N) is 2. The third kappa shape index (κ3) is 3.06. The van der Waals surface area contributed by atoms with Gasteiger partial charge in [0.05, 0.1) is 11.5 Å². The number of aryl methyl sites for hydroxylation is 1. The van der Waals surface area contributed by atoms with Crippen molar-refractivity contribution in [1.29, 1.82) is 0 Å². The lowest BCUT2D eigenvalue weighted by molar-refractivity contribution is 0.483. The van der Waals surface area contributed by atoms with Crippen LogP contribution in [-0.4, -0.2) is 16.5 Å². The van der Waals surface area contributed by atoms with Crippen LogP contribution in [0.4, 0.5) is 4.39 Å². The fourth-order valence-electron chi connectivity index (χ4n) is 5.25. The average molecular weight is 416 g/mol. The molecule has 2 heterocycles. The molecule has 1 saturated carbocycles. The number of allylic oxidation sites excluding steroid dienone is 2. The lowest BCUT2D eigenvalue weighted by atomic mass is 9.76. The lowest BCUT2D eigenvalue weighted by Gasteiger charge is -2.30.